The lowest BCUT2D eigenvalue weighted by Gasteiger charge is -2.17. The number of nitrogens with two attached hydrogens (primary N) is 1. The Labute approximate surface area is 136 Å². The number of anilines is 2. The van der Waals surface area contributed by atoms with Gasteiger partial charge in [-0.1, -0.05) is 0 Å². The summed E-state index contributed by atoms with van der Waals surface area (Å²) in [6, 6.07) is 4.87. The van der Waals surface area contributed by atoms with Gasteiger partial charge in [-0.3, -0.25) is 9.59 Å². The van der Waals surface area contributed by atoms with E-state index in [1.165, 1.54) is 36.6 Å². The molecule has 1 aromatic heterocycles. The zero-order chi connectivity index (χ0) is 17.0. The van der Waals surface area contributed by atoms with Gasteiger partial charge in [-0.25, -0.2) is 4.39 Å². The Bertz CT molecular complexity index is 733. The highest BCUT2D eigenvalue weighted by molar-refractivity contribution is 7.14. The molecule has 23 heavy (non-hydrogen) atoms. The number of ether oxygens (including phenoxy) is 1. The molecule has 1 aromatic carbocycles. The summed E-state index contributed by atoms with van der Waals surface area (Å²) in [6.45, 7) is 1.63. The Morgan fingerprint density at radius 1 is 1.35 bits per heavy atom. The first-order valence-electron chi connectivity index (χ1n) is 6.70. The van der Waals surface area contributed by atoms with Crippen LogP contribution in [0.1, 0.15) is 17.3 Å². The van der Waals surface area contributed by atoms with Crippen LogP contribution >= 0.6 is 11.3 Å². The van der Waals surface area contributed by atoms with Crippen molar-refractivity contribution in [3.63, 3.8) is 0 Å². The van der Waals surface area contributed by atoms with Crippen molar-refractivity contribution < 1.29 is 18.7 Å². The minimum absolute atomic E-state index is 0.259. The maximum atomic E-state index is 13.2. The normalized spacial score (nSPS) is 11.6. The second-order valence-electron chi connectivity index (χ2n) is 4.73. The van der Waals surface area contributed by atoms with E-state index in [1.54, 1.807) is 18.4 Å². The van der Waals surface area contributed by atoms with Crippen molar-refractivity contribution in [3.8, 4) is 5.75 Å². The van der Waals surface area contributed by atoms with Crippen LogP contribution in [-0.4, -0.2) is 25.0 Å². The van der Waals surface area contributed by atoms with Crippen molar-refractivity contribution in [2.75, 3.05) is 17.7 Å². The summed E-state index contributed by atoms with van der Waals surface area (Å²) in [5.74, 6) is -1.11. The van der Waals surface area contributed by atoms with E-state index in [0.29, 0.717) is 16.4 Å². The third kappa shape index (κ3) is 3.98. The number of hydrogen-bond donors (Lipinski definition) is 3. The van der Waals surface area contributed by atoms with Crippen LogP contribution in [0, 0.1) is 5.82 Å². The third-order valence-electron chi connectivity index (χ3n) is 3.10. The van der Waals surface area contributed by atoms with Gasteiger partial charge in [0.2, 0.25) is 5.91 Å². The van der Waals surface area contributed by atoms with Gasteiger partial charge >= 0.3 is 0 Å². The van der Waals surface area contributed by atoms with Crippen molar-refractivity contribution in [2.45, 2.75) is 13.0 Å². The van der Waals surface area contributed by atoms with Crippen molar-refractivity contribution in [2.24, 2.45) is 5.73 Å². The number of primary amides is 1. The van der Waals surface area contributed by atoms with Crippen molar-refractivity contribution in [1.82, 2.24) is 0 Å². The fraction of sp³-hybridized carbons (Fsp3) is 0.200. The molecule has 0 saturated heterocycles. The molecule has 2 aromatic rings. The summed E-state index contributed by atoms with van der Waals surface area (Å²) in [6.07, 6.45) is 0. The molecule has 0 spiro atoms. The first kappa shape index (κ1) is 16.8. The average molecular weight is 337 g/mol. The molecule has 1 heterocycles. The smallest absolute Gasteiger partial charge is 0.251 e. The molecule has 8 heteroatoms. The SMILES string of the molecule is COc1cc(F)ccc1NC(C)C(=O)Nc1sccc1C(N)=O. The van der Waals surface area contributed by atoms with Crippen molar-refractivity contribution >= 4 is 33.8 Å². The minimum Gasteiger partial charge on any atom is -0.494 e. The lowest BCUT2D eigenvalue weighted by atomic mass is 10.2. The highest BCUT2D eigenvalue weighted by Crippen LogP contribution is 2.26. The lowest BCUT2D eigenvalue weighted by Crippen LogP contribution is -2.32. The molecular weight excluding hydrogens is 321 g/mol. The maximum Gasteiger partial charge on any atom is 0.251 e. The summed E-state index contributed by atoms with van der Waals surface area (Å²) >= 11 is 1.20. The Morgan fingerprint density at radius 2 is 2.09 bits per heavy atom. The zero-order valence-electron chi connectivity index (χ0n) is 12.6. The topological polar surface area (TPSA) is 93.4 Å². The van der Waals surface area contributed by atoms with E-state index >= 15 is 0 Å². The standard InChI is InChI=1S/C15H16FN3O3S/c1-8(18-11-4-3-9(16)7-12(11)22-2)14(21)19-15-10(13(17)20)5-6-23-15/h3-8,18H,1-2H3,(H2,17,20)(H,19,21). The zero-order valence-corrected chi connectivity index (χ0v) is 13.4. The number of hydrogen-bond acceptors (Lipinski definition) is 5. The summed E-state index contributed by atoms with van der Waals surface area (Å²) in [7, 11) is 1.41. The van der Waals surface area contributed by atoms with E-state index in [0.717, 1.165) is 0 Å². The van der Waals surface area contributed by atoms with Crippen LogP contribution in [0.4, 0.5) is 15.1 Å². The van der Waals surface area contributed by atoms with E-state index in [9.17, 15) is 14.0 Å². The molecule has 1 unspecified atom stereocenters. The molecule has 0 aliphatic carbocycles. The first-order chi connectivity index (χ1) is 10.9. The summed E-state index contributed by atoms with van der Waals surface area (Å²) < 4.78 is 18.2. The van der Waals surface area contributed by atoms with Gasteiger partial charge in [0.25, 0.3) is 5.91 Å². The molecule has 0 bridgehead atoms. The highest BCUT2D eigenvalue weighted by atomic mass is 32.1. The van der Waals surface area contributed by atoms with Crippen LogP contribution in [-0.2, 0) is 4.79 Å². The largest absolute Gasteiger partial charge is 0.494 e. The summed E-state index contributed by atoms with van der Waals surface area (Å²) in [5.41, 5.74) is 5.98. The molecule has 6 nitrogen and oxygen atoms in total. The minimum atomic E-state index is -0.641. The number of benzene rings is 1. The van der Waals surface area contributed by atoms with Gasteiger partial charge in [0.1, 0.15) is 22.6 Å². The van der Waals surface area contributed by atoms with Gasteiger partial charge in [0.15, 0.2) is 0 Å². The number of nitrogens with one attached hydrogen (secondary N) is 2. The van der Waals surface area contributed by atoms with Gasteiger partial charge in [-0.05, 0) is 30.5 Å². The molecule has 1 atom stereocenters. The molecular formula is C15H16FN3O3S. The molecule has 0 aliphatic heterocycles. The molecule has 0 fully saturated rings. The fourth-order valence-corrected chi connectivity index (χ4v) is 2.70. The van der Waals surface area contributed by atoms with Gasteiger partial charge < -0.3 is 21.1 Å². The third-order valence-corrected chi connectivity index (χ3v) is 3.93. The van der Waals surface area contributed by atoms with Crippen molar-refractivity contribution in [1.29, 1.82) is 0 Å². The van der Waals surface area contributed by atoms with E-state index in [2.05, 4.69) is 10.6 Å². The molecule has 0 saturated carbocycles. The predicted molar refractivity (Wildman–Crippen MR) is 87.5 cm³/mol. The Hall–Kier alpha value is -2.61. The molecule has 0 aliphatic rings. The first-order valence-corrected chi connectivity index (χ1v) is 7.58. The number of methoxy groups -OCH3 is 1. The van der Waals surface area contributed by atoms with E-state index in [-0.39, 0.29) is 11.5 Å². The second-order valence-corrected chi connectivity index (χ2v) is 5.64. The van der Waals surface area contributed by atoms with E-state index in [4.69, 9.17) is 10.5 Å². The Balaban J connectivity index is 2.08. The van der Waals surface area contributed by atoms with Crippen molar-refractivity contribution in [3.05, 3.63) is 41.0 Å². The Kier molecular flexibility index (Phi) is 5.17. The number of rotatable bonds is 6. The number of thiophene rings is 1. The van der Waals surface area contributed by atoms with E-state index < -0.39 is 17.8 Å². The lowest BCUT2D eigenvalue weighted by molar-refractivity contribution is -0.116. The maximum absolute atomic E-state index is 13.2. The number of amides is 2. The molecule has 2 rings (SSSR count). The monoisotopic (exact) mass is 337 g/mol. The van der Waals surface area contributed by atoms with Gasteiger partial charge in [0.05, 0.1) is 18.4 Å². The average Bonchev–Trinajstić information content (AvgIpc) is 2.97. The van der Waals surface area contributed by atoms with Crippen LogP contribution < -0.4 is 21.1 Å². The van der Waals surface area contributed by atoms with Crippen LogP contribution in [0.15, 0.2) is 29.6 Å². The fourth-order valence-electron chi connectivity index (χ4n) is 1.90. The number of carbonyl (C=O) groups excluding carboxylic acids is 2. The predicted octanol–water partition coefficient (Wildman–Crippen LogP) is 2.43. The Morgan fingerprint density at radius 3 is 2.74 bits per heavy atom. The second kappa shape index (κ2) is 7.10. The van der Waals surface area contributed by atoms with E-state index in [1.807, 2.05) is 0 Å². The molecule has 4 N–H and O–H groups in total. The highest BCUT2D eigenvalue weighted by Gasteiger charge is 2.18. The summed E-state index contributed by atoms with van der Waals surface area (Å²) in [5, 5.41) is 7.63. The van der Waals surface area contributed by atoms with Crippen LogP contribution in [0.5, 0.6) is 5.75 Å². The number of halogens is 1. The number of carbonyl (C=O) groups is 2. The van der Waals surface area contributed by atoms with Gasteiger partial charge in [0, 0.05) is 6.07 Å². The van der Waals surface area contributed by atoms with Gasteiger partial charge in [-0.2, -0.15) is 0 Å². The van der Waals surface area contributed by atoms with Crippen LogP contribution in [0.3, 0.4) is 0 Å². The summed E-state index contributed by atoms with van der Waals surface area (Å²) in [4.78, 5) is 23.5. The van der Waals surface area contributed by atoms with Crippen LogP contribution in [0.25, 0.3) is 0 Å². The molecule has 122 valence electrons. The molecule has 0 radical (unpaired) electrons. The van der Waals surface area contributed by atoms with Gasteiger partial charge in [-0.15, -0.1) is 11.3 Å². The molecule has 2 amide bonds. The van der Waals surface area contributed by atoms with Crippen LogP contribution in [0.2, 0.25) is 0 Å². The quantitative estimate of drug-likeness (QED) is 0.755.